The molecule has 1 rings (SSSR count). The lowest BCUT2D eigenvalue weighted by atomic mass is 10.3. The van der Waals surface area contributed by atoms with E-state index in [0.717, 1.165) is 10.2 Å². The van der Waals surface area contributed by atoms with E-state index in [2.05, 4.69) is 46.2 Å². The van der Waals surface area contributed by atoms with Gasteiger partial charge >= 0.3 is 0 Å². The Kier molecular flexibility index (Phi) is 5.11. The zero-order valence-corrected chi connectivity index (χ0v) is 11.4. The van der Waals surface area contributed by atoms with Gasteiger partial charge < -0.3 is 11.1 Å². The summed E-state index contributed by atoms with van der Waals surface area (Å²) in [5, 5.41) is 5.16. The van der Waals surface area contributed by atoms with Gasteiger partial charge in [-0.2, -0.15) is 0 Å². The number of halogens is 1. The second-order valence-corrected chi connectivity index (χ2v) is 5.61. The van der Waals surface area contributed by atoms with Crippen LogP contribution in [0.15, 0.2) is 20.2 Å². The van der Waals surface area contributed by atoms with Crippen molar-refractivity contribution < 1.29 is 0 Å². The molecule has 1 unspecified atom stereocenters. The predicted molar refractivity (Wildman–Crippen MR) is 70.2 cm³/mol. The molecule has 0 fully saturated rings. The van der Waals surface area contributed by atoms with Gasteiger partial charge in [0.2, 0.25) is 0 Å². The summed E-state index contributed by atoms with van der Waals surface area (Å²) in [7, 11) is 0. The number of aliphatic imine (C=N–C) groups is 1. The number of nitrogens with one attached hydrogen (secondary N) is 1. The summed E-state index contributed by atoms with van der Waals surface area (Å²) in [6, 6.07) is 2.43. The molecule has 1 heterocycles. The van der Waals surface area contributed by atoms with E-state index < -0.39 is 0 Å². The molecule has 1 aromatic rings. The van der Waals surface area contributed by atoms with Gasteiger partial charge in [-0.3, -0.25) is 0 Å². The summed E-state index contributed by atoms with van der Waals surface area (Å²) in [6.45, 7) is 4.82. The van der Waals surface area contributed by atoms with Crippen molar-refractivity contribution in [3.8, 4) is 0 Å². The van der Waals surface area contributed by atoms with E-state index in [4.69, 9.17) is 5.73 Å². The first-order valence-corrected chi connectivity index (χ1v) is 6.59. The maximum absolute atomic E-state index is 5.74. The zero-order chi connectivity index (χ0) is 11.3. The number of hydrogen-bond acceptors (Lipinski definition) is 2. The Balaban J connectivity index is 2.47. The van der Waals surface area contributed by atoms with Crippen LogP contribution in [0.25, 0.3) is 0 Å². The molecule has 15 heavy (non-hydrogen) atoms. The molecule has 0 radical (unpaired) electrons. The molecule has 0 bridgehead atoms. The minimum Gasteiger partial charge on any atom is -0.370 e. The number of nitrogens with zero attached hydrogens (tertiary/aromatic N) is 1. The quantitative estimate of drug-likeness (QED) is 0.661. The molecule has 84 valence electrons. The van der Waals surface area contributed by atoms with Crippen molar-refractivity contribution in [3.63, 3.8) is 0 Å². The summed E-state index contributed by atoms with van der Waals surface area (Å²) < 4.78 is 1.13. The SMILES string of the molecule is CCC(C)NC(N)=NCc1ccsc1Br. The Bertz CT molecular complexity index is 335. The van der Waals surface area contributed by atoms with Crippen LogP contribution in [0, 0.1) is 0 Å². The van der Waals surface area contributed by atoms with Gasteiger partial charge in [0.15, 0.2) is 5.96 Å². The molecule has 0 saturated carbocycles. The van der Waals surface area contributed by atoms with Crippen LogP contribution >= 0.6 is 27.3 Å². The monoisotopic (exact) mass is 289 g/mol. The van der Waals surface area contributed by atoms with Gasteiger partial charge in [-0.15, -0.1) is 11.3 Å². The van der Waals surface area contributed by atoms with Gasteiger partial charge in [0.1, 0.15) is 0 Å². The van der Waals surface area contributed by atoms with E-state index in [1.54, 1.807) is 11.3 Å². The molecule has 0 spiro atoms. The first-order chi connectivity index (χ1) is 7.13. The van der Waals surface area contributed by atoms with Crippen LogP contribution in [0.2, 0.25) is 0 Å². The fourth-order valence-corrected chi connectivity index (χ4v) is 2.22. The molecule has 0 amide bonds. The van der Waals surface area contributed by atoms with Crippen LogP contribution in [-0.4, -0.2) is 12.0 Å². The van der Waals surface area contributed by atoms with Crippen molar-refractivity contribution >= 4 is 33.2 Å². The van der Waals surface area contributed by atoms with Gasteiger partial charge in [0, 0.05) is 6.04 Å². The third kappa shape index (κ3) is 4.22. The zero-order valence-electron chi connectivity index (χ0n) is 8.96. The number of thiophene rings is 1. The molecule has 1 aromatic heterocycles. The van der Waals surface area contributed by atoms with E-state index in [9.17, 15) is 0 Å². The summed E-state index contributed by atoms with van der Waals surface area (Å²) in [5.41, 5.74) is 6.92. The largest absolute Gasteiger partial charge is 0.370 e. The average Bonchev–Trinajstić information content (AvgIpc) is 2.61. The lowest BCUT2D eigenvalue weighted by molar-refractivity contribution is 0.636. The van der Waals surface area contributed by atoms with E-state index in [1.165, 1.54) is 5.56 Å². The number of guanidine groups is 1. The van der Waals surface area contributed by atoms with Gasteiger partial charge in [0.25, 0.3) is 0 Å². The Morgan fingerprint density at radius 2 is 2.47 bits per heavy atom. The summed E-state index contributed by atoms with van der Waals surface area (Å²) in [4.78, 5) is 4.28. The second kappa shape index (κ2) is 6.12. The van der Waals surface area contributed by atoms with Crippen molar-refractivity contribution in [2.75, 3.05) is 0 Å². The molecule has 0 saturated heterocycles. The van der Waals surface area contributed by atoms with E-state index >= 15 is 0 Å². The highest BCUT2D eigenvalue weighted by molar-refractivity contribution is 9.11. The summed E-state index contributed by atoms with van der Waals surface area (Å²) in [6.07, 6.45) is 1.04. The topological polar surface area (TPSA) is 50.4 Å². The second-order valence-electron chi connectivity index (χ2n) is 3.37. The third-order valence-corrected chi connectivity index (χ3v) is 3.93. The minimum absolute atomic E-state index is 0.375. The Morgan fingerprint density at radius 3 is 3.00 bits per heavy atom. The first kappa shape index (κ1) is 12.5. The highest BCUT2D eigenvalue weighted by Crippen LogP contribution is 2.23. The van der Waals surface area contributed by atoms with Crippen LogP contribution in [-0.2, 0) is 6.54 Å². The molecule has 0 aromatic carbocycles. The van der Waals surface area contributed by atoms with E-state index in [0.29, 0.717) is 18.5 Å². The molecule has 5 heteroatoms. The molecule has 1 atom stereocenters. The lowest BCUT2D eigenvalue weighted by Gasteiger charge is -2.11. The van der Waals surface area contributed by atoms with Crippen LogP contribution in [0.5, 0.6) is 0 Å². The van der Waals surface area contributed by atoms with Crippen molar-refractivity contribution in [3.05, 3.63) is 20.8 Å². The van der Waals surface area contributed by atoms with Crippen LogP contribution in [0.4, 0.5) is 0 Å². The van der Waals surface area contributed by atoms with Gasteiger partial charge in [-0.1, -0.05) is 6.92 Å². The minimum atomic E-state index is 0.375. The Morgan fingerprint density at radius 1 is 1.73 bits per heavy atom. The normalized spacial score (nSPS) is 13.9. The molecular formula is C10H16BrN3S. The van der Waals surface area contributed by atoms with E-state index in [1.807, 2.05) is 5.38 Å². The number of hydrogen-bond donors (Lipinski definition) is 2. The van der Waals surface area contributed by atoms with Crippen LogP contribution in [0.3, 0.4) is 0 Å². The smallest absolute Gasteiger partial charge is 0.189 e. The fourth-order valence-electron chi connectivity index (χ4n) is 1.00. The maximum Gasteiger partial charge on any atom is 0.189 e. The maximum atomic E-state index is 5.74. The molecule has 3 nitrogen and oxygen atoms in total. The third-order valence-electron chi connectivity index (χ3n) is 2.12. The van der Waals surface area contributed by atoms with Crippen LogP contribution < -0.4 is 11.1 Å². The van der Waals surface area contributed by atoms with Crippen molar-refractivity contribution in [1.82, 2.24) is 5.32 Å². The number of rotatable bonds is 4. The highest BCUT2D eigenvalue weighted by Gasteiger charge is 2.01. The lowest BCUT2D eigenvalue weighted by Crippen LogP contribution is -2.38. The standard InChI is InChI=1S/C10H16BrN3S/c1-3-7(2)14-10(12)13-6-8-4-5-15-9(8)11/h4-5,7H,3,6H2,1-2H3,(H3,12,13,14). The average molecular weight is 290 g/mol. The molecule has 0 aliphatic heterocycles. The molecule has 0 aliphatic rings. The summed E-state index contributed by atoms with van der Waals surface area (Å²) in [5.74, 6) is 0.516. The highest BCUT2D eigenvalue weighted by atomic mass is 79.9. The summed E-state index contributed by atoms with van der Waals surface area (Å²) >= 11 is 5.13. The van der Waals surface area contributed by atoms with E-state index in [-0.39, 0.29) is 0 Å². The van der Waals surface area contributed by atoms with Crippen molar-refractivity contribution in [2.24, 2.45) is 10.7 Å². The molecule has 0 aliphatic carbocycles. The van der Waals surface area contributed by atoms with Crippen molar-refractivity contribution in [1.29, 1.82) is 0 Å². The Hall–Kier alpha value is -0.550. The molecular weight excluding hydrogens is 274 g/mol. The molecule has 3 N–H and O–H groups in total. The first-order valence-electron chi connectivity index (χ1n) is 4.91. The fraction of sp³-hybridized carbons (Fsp3) is 0.500. The van der Waals surface area contributed by atoms with Gasteiger partial charge in [-0.25, -0.2) is 4.99 Å². The predicted octanol–water partition coefficient (Wildman–Crippen LogP) is 2.71. The van der Waals surface area contributed by atoms with Crippen LogP contribution in [0.1, 0.15) is 25.8 Å². The van der Waals surface area contributed by atoms with Gasteiger partial charge in [0.05, 0.1) is 10.3 Å². The van der Waals surface area contributed by atoms with Gasteiger partial charge in [-0.05, 0) is 46.3 Å². The number of nitrogens with two attached hydrogens (primary N) is 1. The van der Waals surface area contributed by atoms with Crippen molar-refractivity contribution in [2.45, 2.75) is 32.9 Å². The Labute approximate surface area is 103 Å².